The molecule has 0 saturated heterocycles. The van der Waals surface area contributed by atoms with Crippen molar-refractivity contribution >= 4 is 35.0 Å². The van der Waals surface area contributed by atoms with Crippen molar-refractivity contribution in [2.45, 2.75) is 17.0 Å². The molecule has 0 fully saturated rings. The highest BCUT2D eigenvalue weighted by molar-refractivity contribution is 7.98. The third-order valence-electron chi connectivity index (χ3n) is 3.67. The van der Waals surface area contributed by atoms with Gasteiger partial charge in [0.25, 0.3) is 5.91 Å². The lowest BCUT2D eigenvalue weighted by Gasteiger charge is -2.13. The number of hydrogen-bond donors (Lipinski definition) is 1. The molecule has 0 aliphatic carbocycles. The Kier molecular flexibility index (Phi) is 6.21. The molecule has 2 aromatic heterocycles. The highest BCUT2D eigenvalue weighted by Gasteiger charge is 2.33. The minimum Gasteiger partial charge on any atom is -0.322 e. The third kappa shape index (κ3) is 5.02. The Bertz CT molecular complexity index is 984. The zero-order valence-corrected chi connectivity index (χ0v) is 15.8. The molecular weight excluding hydrogens is 411 g/mol. The van der Waals surface area contributed by atoms with Gasteiger partial charge in [0, 0.05) is 30.0 Å². The second-order valence-corrected chi connectivity index (χ2v) is 7.02. The molecule has 1 aromatic carbocycles. The molecule has 3 aromatic rings. The smallest absolute Gasteiger partial charge is 0.322 e. The number of amides is 1. The predicted molar refractivity (Wildman–Crippen MR) is 102 cm³/mol. The van der Waals surface area contributed by atoms with Gasteiger partial charge in [-0.3, -0.25) is 9.78 Å². The number of hydrogen-bond acceptors (Lipinski definition) is 4. The Morgan fingerprint density at radius 1 is 1.11 bits per heavy atom. The zero-order chi connectivity index (χ0) is 20.1. The number of anilines is 1. The number of nitrogens with zero attached hydrogens (tertiary/aromatic N) is 2. The van der Waals surface area contributed by atoms with E-state index in [4.69, 9.17) is 11.6 Å². The number of carbonyl (C=O) groups is 1. The van der Waals surface area contributed by atoms with E-state index < -0.39 is 22.7 Å². The number of carbonyl (C=O) groups excluding carboxylic acids is 1. The van der Waals surface area contributed by atoms with Crippen LogP contribution in [0.4, 0.5) is 18.9 Å². The maximum atomic E-state index is 13.0. The van der Waals surface area contributed by atoms with Crippen molar-refractivity contribution in [3.63, 3.8) is 0 Å². The molecule has 0 saturated carbocycles. The maximum absolute atomic E-state index is 13.0. The molecular formula is C19H13ClF3N3OS. The van der Waals surface area contributed by atoms with Gasteiger partial charge in [-0.05, 0) is 48.0 Å². The van der Waals surface area contributed by atoms with Crippen LogP contribution < -0.4 is 5.32 Å². The van der Waals surface area contributed by atoms with Gasteiger partial charge < -0.3 is 5.32 Å². The first-order valence-corrected chi connectivity index (χ1v) is 9.36. The van der Waals surface area contributed by atoms with E-state index in [-0.39, 0.29) is 11.3 Å². The number of halogens is 4. The van der Waals surface area contributed by atoms with E-state index in [1.54, 1.807) is 30.7 Å². The molecule has 0 aliphatic heterocycles. The molecule has 0 atom stereocenters. The fraction of sp³-hybridized carbons (Fsp3) is 0.105. The number of nitrogens with one attached hydrogen (secondary N) is 1. The van der Waals surface area contributed by atoms with Crippen molar-refractivity contribution in [2.75, 3.05) is 5.32 Å². The van der Waals surface area contributed by atoms with E-state index in [9.17, 15) is 18.0 Å². The molecule has 1 amide bonds. The van der Waals surface area contributed by atoms with E-state index in [2.05, 4.69) is 15.3 Å². The summed E-state index contributed by atoms with van der Waals surface area (Å²) in [5, 5.41) is 2.52. The van der Waals surface area contributed by atoms with Gasteiger partial charge in [0.2, 0.25) is 0 Å². The van der Waals surface area contributed by atoms with Gasteiger partial charge in [-0.2, -0.15) is 13.2 Å². The first-order valence-electron chi connectivity index (χ1n) is 7.99. The molecule has 0 radical (unpaired) electrons. The quantitative estimate of drug-likeness (QED) is 0.535. The number of thioether (sulfide) groups is 1. The van der Waals surface area contributed by atoms with E-state index >= 15 is 0 Å². The Labute approximate surface area is 168 Å². The van der Waals surface area contributed by atoms with Crippen LogP contribution in [0.25, 0.3) is 0 Å². The van der Waals surface area contributed by atoms with Crippen LogP contribution in [0.2, 0.25) is 5.02 Å². The van der Waals surface area contributed by atoms with Crippen LogP contribution in [0.5, 0.6) is 0 Å². The Balaban J connectivity index is 1.78. The third-order valence-corrected chi connectivity index (χ3v) is 5.08. The lowest BCUT2D eigenvalue weighted by Crippen LogP contribution is -2.15. The molecule has 28 heavy (non-hydrogen) atoms. The van der Waals surface area contributed by atoms with E-state index in [0.717, 1.165) is 17.7 Å². The fourth-order valence-electron chi connectivity index (χ4n) is 2.33. The van der Waals surface area contributed by atoms with E-state index in [1.165, 1.54) is 17.8 Å². The van der Waals surface area contributed by atoms with Crippen LogP contribution >= 0.6 is 23.4 Å². The van der Waals surface area contributed by atoms with Crippen LogP contribution in [0.3, 0.4) is 0 Å². The van der Waals surface area contributed by atoms with Crippen molar-refractivity contribution in [3.05, 3.63) is 82.8 Å². The number of alkyl halides is 3. The largest absolute Gasteiger partial charge is 0.417 e. The van der Waals surface area contributed by atoms with Crippen LogP contribution in [-0.2, 0) is 11.9 Å². The molecule has 144 valence electrons. The molecule has 0 spiro atoms. The normalized spacial score (nSPS) is 11.3. The number of aromatic nitrogens is 2. The molecule has 0 aliphatic rings. The maximum Gasteiger partial charge on any atom is 0.417 e. The van der Waals surface area contributed by atoms with Gasteiger partial charge in [-0.25, -0.2) is 4.98 Å². The lowest BCUT2D eigenvalue weighted by molar-refractivity contribution is -0.137. The van der Waals surface area contributed by atoms with Crippen LogP contribution in [0.15, 0.2) is 66.1 Å². The number of rotatable bonds is 5. The average Bonchev–Trinajstić information content (AvgIpc) is 2.68. The first kappa shape index (κ1) is 20.2. The summed E-state index contributed by atoms with van der Waals surface area (Å²) in [6, 6.07) is 10.1. The summed E-state index contributed by atoms with van der Waals surface area (Å²) in [5.41, 5.74) is 0.260. The highest BCUT2D eigenvalue weighted by atomic mass is 35.5. The van der Waals surface area contributed by atoms with Crippen LogP contribution in [-0.4, -0.2) is 15.9 Å². The summed E-state index contributed by atoms with van der Waals surface area (Å²) in [7, 11) is 0. The van der Waals surface area contributed by atoms with Crippen LogP contribution in [0, 0.1) is 0 Å². The van der Waals surface area contributed by atoms with Gasteiger partial charge >= 0.3 is 6.18 Å². The Morgan fingerprint density at radius 3 is 2.57 bits per heavy atom. The summed E-state index contributed by atoms with van der Waals surface area (Å²) < 4.78 is 39.0. The number of pyridine rings is 2. The molecule has 4 nitrogen and oxygen atoms in total. The fourth-order valence-corrected chi connectivity index (χ4v) is 3.50. The molecule has 0 unspecified atom stereocenters. The Hall–Kier alpha value is -2.58. The minimum atomic E-state index is -4.61. The molecule has 9 heteroatoms. The second-order valence-electron chi connectivity index (χ2n) is 5.65. The standard InChI is InChI=1S/C19H13ClF3N3OS/c20-16-4-3-13(10-15(16)19(21,22)23)26-17(27)14-2-1-7-25-18(14)28-11-12-5-8-24-9-6-12/h1-10H,11H2,(H,26,27). The second kappa shape index (κ2) is 8.62. The van der Waals surface area contributed by atoms with Gasteiger partial charge in [-0.1, -0.05) is 11.6 Å². The van der Waals surface area contributed by atoms with E-state index in [0.29, 0.717) is 10.8 Å². The van der Waals surface area contributed by atoms with Crippen molar-refractivity contribution in [2.24, 2.45) is 0 Å². The molecule has 3 rings (SSSR count). The average molecular weight is 424 g/mol. The summed E-state index contributed by atoms with van der Waals surface area (Å²) in [6.45, 7) is 0. The van der Waals surface area contributed by atoms with Gasteiger partial charge in [0.05, 0.1) is 16.1 Å². The minimum absolute atomic E-state index is 0.00402. The number of benzene rings is 1. The summed E-state index contributed by atoms with van der Waals surface area (Å²) in [5.74, 6) is 0.0136. The summed E-state index contributed by atoms with van der Waals surface area (Å²) >= 11 is 6.96. The lowest BCUT2D eigenvalue weighted by atomic mass is 10.2. The Morgan fingerprint density at radius 2 is 1.86 bits per heavy atom. The van der Waals surface area contributed by atoms with Crippen molar-refractivity contribution in [1.29, 1.82) is 0 Å². The van der Waals surface area contributed by atoms with Gasteiger partial charge in [0.1, 0.15) is 5.03 Å². The summed E-state index contributed by atoms with van der Waals surface area (Å²) in [4.78, 5) is 20.8. The predicted octanol–water partition coefficient (Wildman–Crippen LogP) is 5.69. The molecule has 1 N–H and O–H groups in total. The van der Waals surface area contributed by atoms with Crippen molar-refractivity contribution in [3.8, 4) is 0 Å². The van der Waals surface area contributed by atoms with Gasteiger partial charge in [-0.15, -0.1) is 11.8 Å². The first-order chi connectivity index (χ1) is 13.3. The SMILES string of the molecule is O=C(Nc1ccc(Cl)c(C(F)(F)F)c1)c1cccnc1SCc1ccncc1. The van der Waals surface area contributed by atoms with Crippen LogP contribution in [0.1, 0.15) is 21.5 Å². The molecule has 0 bridgehead atoms. The van der Waals surface area contributed by atoms with E-state index in [1.807, 2.05) is 12.1 Å². The monoisotopic (exact) mass is 423 g/mol. The summed E-state index contributed by atoms with van der Waals surface area (Å²) in [6.07, 6.45) is 0.273. The molecule has 2 heterocycles. The van der Waals surface area contributed by atoms with Crippen molar-refractivity contribution < 1.29 is 18.0 Å². The van der Waals surface area contributed by atoms with Gasteiger partial charge in [0.15, 0.2) is 0 Å². The zero-order valence-electron chi connectivity index (χ0n) is 14.2. The topological polar surface area (TPSA) is 54.9 Å². The van der Waals surface area contributed by atoms with Crippen molar-refractivity contribution in [1.82, 2.24) is 9.97 Å². The highest BCUT2D eigenvalue weighted by Crippen LogP contribution is 2.36.